The Kier molecular flexibility index (Phi) is 4.42. The summed E-state index contributed by atoms with van der Waals surface area (Å²) in [5.41, 5.74) is 5.17. The number of carboxylic acids is 2. The topological polar surface area (TPSA) is 144 Å². The maximum Gasteiger partial charge on any atom is 0.332 e. The fourth-order valence-corrected chi connectivity index (χ4v) is 1.63. The highest BCUT2D eigenvalue weighted by molar-refractivity contribution is 5.97. The predicted octanol–water partition coefficient (Wildman–Crippen LogP) is 1.43. The number of benzene rings is 1. The van der Waals surface area contributed by atoms with E-state index in [-0.39, 0.29) is 22.5 Å². The molecular formula is C12H12N2O6. The highest BCUT2D eigenvalue weighted by Crippen LogP contribution is 2.30. The first kappa shape index (κ1) is 15.2. The molecule has 0 unspecified atom stereocenters. The van der Waals surface area contributed by atoms with Gasteiger partial charge in [0.2, 0.25) is 0 Å². The number of carboxylic acid groups (broad SMARTS) is 2. The lowest BCUT2D eigenvalue weighted by molar-refractivity contribution is -0.385. The number of carbonyl (C=O) groups is 2. The molecule has 8 heteroatoms. The summed E-state index contributed by atoms with van der Waals surface area (Å²) in [5.74, 6) is -2.79. The Morgan fingerprint density at radius 2 is 2.00 bits per heavy atom. The van der Waals surface area contributed by atoms with Crippen LogP contribution in [0.15, 0.2) is 17.7 Å². The average Bonchev–Trinajstić information content (AvgIpc) is 2.31. The summed E-state index contributed by atoms with van der Waals surface area (Å²) in [5, 5.41) is 28.6. The van der Waals surface area contributed by atoms with E-state index < -0.39 is 28.9 Å². The van der Waals surface area contributed by atoms with E-state index in [1.807, 2.05) is 0 Å². The van der Waals surface area contributed by atoms with Gasteiger partial charge in [0, 0.05) is 11.3 Å². The summed E-state index contributed by atoms with van der Waals surface area (Å²) in [4.78, 5) is 31.9. The van der Waals surface area contributed by atoms with Gasteiger partial charge in [-0.1, -0.05) is 0 Å². The van der Waals surface area contributed by atoms with Crippen LogP contribution in [0.2, 0.25) is 0 Å². The molecule has 106 valence electrons. The molecule has 8 nitrogen and oxygen atoms in total. The molecular weight excluding hydrogens is 268 g/mol. The van der Waals surface area contributed by atoms with Crippen molar-refractivity contribution in [3.63, 3.8) is 0 Å². The normalized spacial score (nSPS) is 11.2. The van der Waals surface area contributed by atoms with Crippen LogP contribution < -0.4 is 5.73 Å². The van der Waals surface area contributed by atoms with Crippen molar-refractivity contribution in [2.75, 3.05) is 5.73 Å². The minimum absolute atomic E-state index is 0.000324. The molecule has 0 spiro atoms. The Morgan fingerprint density at radius 3 is 2.45 bits per heavy atom. The van der Waals surface area contributed by atoms with Gasteiger partial charge in [0.1, 0.15) is 0 Å². The Morgan fingerprint density at radius 1 is 1.40 bits per heavy atom. The fourth-order valence-electron chi connectivity index (χ4n) is 1.63. The van der Waals surface area contributed by atoms with Gasteiger partial charge >= 0.3 is 11.9 Å². The minimum Gasteiger partial charge on any atom is -0.481 e. The van der Waals surface area contributed by atoms with E-state index in [4.69, 9.17) is 15.9 Å². The molecule has 0 bridgehead atoms. The number of nitro benzene ring substituents is 1. The van der Waals surface area contributed by atoms with Crippen molar-refractivity contribution in [1.29, 1.82) is 0 Å². The van der Waals surface area contributed by atoms with Crippen molar-refractivity contribution >= 4 is 29.4 Å². The number of nitrogen functional groups attached to an aromatic ring is 1. The molecule has 1 rings (SSSR count). The zero-order chi connectivity index (χ0) is 15.4. The second kappa shape index (κ2) is 5.83. The summed E-state index contributed by atoms with van der Waals surface area (Å²) in [6, 6.07) is 2.68. The molecule has 0 aliphatic heterocycles. The summed E-state index contributed by atoms with van der Waals surface area (Å²) in [6.45, 7) is 1.43. The van der Waals surface area contributed by atoms with Crippen molar-refractivity contribution in [1.82, 2.24) is 0 Å². The largest absolute Gasteiger partial charge is 0.481 e. The van der Waals surface area contributed by atoms with Gasteiger partial charge in [0.05, 0.1) is 22.5 Å². The Hall–Kier alpha value is -2.90. The van der Waals surface area contributed by atoms with Gasteiger partial charge in [-0.2, -0.15) is 0 Å². The number of nitro groups is 1. The van der Waals surface area contributed by atoms with E-state index in [0.29, 0.717) is 0 Å². The second-order valence-electron chi connectivity index (χ2n) is 4.02. The van der Waals surface area contributed by atoms with Crippen LogP contribution in [-0.2, 0) is 9.59 Å². The molecule has 0 saturated heterocycles. The third kappa shape index (κ3) is 3.31. The molecule has 0 saturated carbocycles. The molecule has 0 fully saturated rings. The smallest absolute Gasteiger partial charge is 0.332 e. The summed E-state index contributed by atoms with van der Waals surface area (Å²) >= 11 is 0. The number of hydrogen-bond donors (Lipinski definition) is 3. The van der Waals surface area contributed by atoms with Crippen molar-refractivity contribution in [2.24, 2.45) is 0 Å². The van der Waals surface area contributed by atoms with E-state index >= 15 is 0 Å². The Bertz CT molecular complexity index is 621. The zero-order valence-electron chi connectivity index (χ0n) is 10.5. The molecule has 0 heterocycles. The van der Waals surface area contributed by atoms with Gasteiger partial charge in [0.15, 0.2) is 0 Å². The highest BCUT2D eigenvalue weighted by Gasteiger charge is 2.20. The van der Waals surface area contributed by atoms with Crippen LogP contribution >= 0.6 is 0 Å². The summed E-state index contributed by atoms with van der Waals surface area (Å²) in [6.07, 6.45) is 0.233. The van der Waals surface area contributed by atoms with Crippen LogP contribution in [0.25, 0.3) is 6.08 Å². The van der Waals surface area contributed by atoms with Crippen LogP contribution in [0, 0.1) is 17.0 Å². The average molecular weight is 280 g/mol. The van der Waals surface area contributed by atoms with Gasteiger partial charge in [-0.05, 0) is 25.1 Å². The van der Waals surface area contributed by atoms with Gasteiger partial charge in [-0.3, -0.25) is 14.9 Å². The maximum absolute atomic E-state index is 11.0. The van der Waals surface area contributed by atoms with Crippen LogP contribution in [0.1, 0.15) is 17.5 Å². The molecule has 1 aromatic rings. The van der Waals surface area contributed by atoms with Crippen LogP contribution in [-0.4, -0.2) is 27.1 Å². The van der Waals surface area contributed by atoms with E-state index in [9.17, 15) is 19.7 Å². The quantitative estimate of drug-likeness (QED) is 0.320. The molecule has 1 aromatic carbocycles. The lowest BCUT2D eigenvalue weighted by Crippen LogP contribution is -2.07. The van der Waals surface area contributed by atoms with Gasteiger partial charge in [-0.15, -0.1) is 0 Å². The van der Waals surface area contributed by atoms with E-state index in [1.54, 1.807) is 0 Å². The molecule has 20 heavy (non-hydrogen) atoms. The molecule has 0 aliphatic rings. The van der Waals surface area contributed by atoms with Crippen LogP contribution in [0.4, 0.5) is 11.4 Å². The molecule has 0 radical (unpaired) electrons. The van der Waals surface area contributed by atoms with Crippen LogP contribution in [0.3, 0.4) is 0 Å². The van der Waals surface area contributed by atoms with Crippen LogP contribution in [0.5, 0.6) is 0 Å². The van der Waals surface area contributed by atoms with Crippen molar-refractivity contribution in [3.8, 4) is 0 Å². The fraction of sp³-hybridized carbons (Fsp3) is 0.167. The third-order valence-corrected chi connectivity index (χ3v) is 2.63. The van der Waals surface area contributed by atoms with E-state index in [1.165, 1.54) is 19.1 Å². The summed E-state index contributed by atoms with van der Waals surface area (Å²) < 4.78 is 0. The van der Waals surface area contributed by atoms with Crippen molar-refractivity contribution < 1.29 is 24.7 Å². The number of anilines is 1. The monoisotopic (exact) mass is 280 g/mol. The highest BCUT2D eigenvalue weighted by atomic mass is 16.6. The molecule has 0 aromatic heterocycles. The number of nitrogens with two attached hydrogens (primary N) is 1. The molecule has 4 N–H and O–H groups in total. The first-order valence-electron chi connectivity index (χ1n) is 5.43. The van der Waals surface area contributed by atoms with Crippen molar-refractivity contribution in [2.45, 2.75) is 13.3 Å². The SMILES string of the molecule is Cc1c(N)ccc(C=C(CC(=O)O)C(=O)O)c1[N+](=O)[O-]. The number of hydrogen-bond acceptors (Lipinski definition) is 5. The Balaban J connectivity index is 3.45. The van der Waals surface area contributed by atoms with Gasteiger partial charge in [-0.25, -0.2) is 4.79 Å². The molecule has 0 atom stereocenters. The lowest BCUT2D eigenvalue weighted by Gasteiger charge is -2.05. The van der Waals surface area contributed by atoms with E-state index in [0.717, 1.165) is 6.08 Å². The first-order valence-corrected chi connectivity index (χ1v) is 5.43. The minimum atomic E-state index is -1.45. The van der Waals surface area contributed by atoms with Gasteiger partial charge < -0.3 is 15.9 Å². The standard InChI is InChI=1S/C12H12N2O6/c1-6-9(13)3-2-7(11(6)14(19)20)4-8(12(17)18)5-10(15)16/h2-4H,5,13H2,1H3,(H,15,16)(H,17,18). The van der Waals surface area contributed by atoms with Crippen molar-refractivity contribution in [3.05, 3.63) is 38.9 Å². The first-order chi connectivity index (χ1) is 9.23. The zero-order valence-corrected chi connectivity index (χ0v) is 10.5. The Labute approximate surface area is 113 Å². The second-order valence-corrected chi connectivity index (χ2v) is 4.02. The van der Waals surface area contributed by atoms with E-state index in [2.05, 4.69) is 0 Å². The summed E-state index contributed by atoms with van der Waals surface area (Å²) in [7, 11) is 0. The lowest BCUT2D eigenvalue weighted by atomic mass is 10.0. The number of rotatable bonds is 5. The number of nitrogens with zero attached hydrogens (tertiary/aromatic N) is 1. The molecule has 0 aliphatic carbocycles. The predicted molar refractivity (Wildman–Crippen MR) is 70.1 cm³/mol. The maximum atomic E-state index is 11.0. The number of aliphatic carboxylic acids is 2. The molecule has 0 amide bonds. The third-order valence-electron chi connectivity index (χ3n) is 2.63. The van der Waals surface area contributed by atoms with Gasteiger partial charge in [0.25, 0.3) is 5.69 Å².